The van der Waals surface area contributed by atoms with Gasteiger partial charge in [-0.15, -0.1) is 0 Å². The topological polar surface area (TPSA) is 24.1 Å². The van der Waals surface area contributed by atoms with Crippen LogP contribution in [0.3, 0.4) is 0 Å². The number of hydrogen-bond acceptors (Lipinski definition) is 2. The van der Waals surface area contributed by atoms with Crippen LogP contribution in [0, 0.1) is 0 Å². The lowest BCUT2D eigenvalue weighted by molar-refractivity contribution is 0.361. The molecular formula is C10H23FN2. The van der Waals surface area contributed by atoms with Crippen LogP contribution in [-0.4, -0.2) is 32.4 Å². The van der Waals surface area contributed by atoms with Crippen molar-refractivity contribution in [3.63, 3.8) is 0 Å². The van der Waals surface area contributed by atoms with Gasteiger partial charge in [-0.3, -0.25) is 0 Å². The maximum atomic E-state index is 11.9. The first-order chi connectivity index (χ1) is 6.39. The van der Waals surface area contributed by atoms with Crippen molar-refractivity contribution in [2.45, 2.75) is 39.3 Å². The zero-order chi connectivity index (χ0) is 9.94. The van der Waals surface area contributed by atoms with Gasteiger partial charge in [0.25, 0.3) is 0 Å². The molecule has 0 aromatic carbocycles. The van der Waals surface area contributed by atoms with Crippen LogP contribution in [0.2, 0.25) is 0 Å². The summed E-state index contributed by atoms with van der Waals surface area (Å²) in [5.41, 5.74) is 0. The van der Waals surface area contributed by atoms with Crippen molar-refractivity contribution >= 4 is 0 Å². The van der Waals surface area contributed by atoms with E-state index in [1.54, 1.807) is 0 Å². The molecule has 2 saturated heterocycles. The molecule has 2 heterocycles. The molecule has 1 atom stereocenters. The Balaban J connectivity index is 0.000000189. The van der Waals surface area contributed by atoms with Crippen LogP contribution in [0.5, 0.6) is 0 Å². The SMILES string of the molecule is C1CCNC1.CC.F[C@@H]1CCNC1. The molecule has 0 unspecified atom stereocenters. The summed E-state index contributed by atoms with van der Waals surface area (Å²) >= 11 is 0. The van der Waals surface area contributed by atoms with Gasteiger partial charge in [0.2, 0.25) is 0 Å². The second kappa shape index (κ2) is 9.93. The standard InChI is InChI=1S/C4H8FN.C4H9N.C2H6/c5-4-1-2-6-3-4;1-2-4-5-3-1;1-2/h4,6H,1-3H2;5H,1-4H2;1-2H3/t4-;;/m1../s1. The van der Waals surface area contributed by atoms with Gasteiger partial charge in [0.05, 0.1) is 0 Å². The third-order valence-electron chi connectivity index (χ3n) is 1.96. The van der Waals surface area contributed by atoms with E-state index in [9.17, 15) is 4.39 Å². The quantitative estimate of drug-likeness (QED) is 0.607. The van der Waals surface area contributed by atoms with Crippen molar-refractivity contribution in [1.82, 2.24) is 10.6 Å². The van der Waals surface area contributed by atoms with E-state index in [-0.39, 0.29) is 0 Å². The van der Waals surface area contributed by atoms with E-state index in [1.165, 1.54) is 25.9 Å². The fourth-order valence-electron chi connectivity index (χ4n) is 1.24. The summed E-state index contributed by atoms with van der Waals surface area (Å²) in [4.78, 5) is 0. The van der Waals surface area contributed by atoms with Crippen LogP contribution in [0.25, 0.3) is 0 Å². The molecule has 2 aliphatic rings. The highest BCUT2D eigenvalue weighted by molar-refractivity contribution is 4.68. The maximum absolute atomic E-state index is 11.9. The third-order valence-corrected chi connectivity index (χ3v) is 1.96. The lowest BCUT2D eigenvalue weighted by Gasteiger charge is -1.86. The molecular weight excluding hydrogens is 167 g/mol. The number of halogens is 1. The second-order valence-electron chi connectivity index (χ2n) is 3.05. The van der Waals surface area contributed by atoms with Crippen LogP contribution >= 0.6 is 0 Å². The zero-order valence-electron chi connectivity index (χ0n) is 8.91. The normalized spacial score (nSPS) is 25.6. The Bertz CT molecular complexity index is 81.3. The maximum Gasteiger partial charge on any atom is 0.114 e. The Hall–Kier alpha value is -0.150. The minimum Gasteiger partial charge on any atom is -0.317 e. The van der Waals surface area contributed by atoms with Crippen molar-refractivity contribution in [2.24, 2.45) is 0 Å². The molecule has 0 aliphatic carbocycles. The van der Waals surface area contributed by atoms with E-state index in [0.29, 0.717) is 13.0 Å². The van der Waals surface area contributed by atoms with Crippen LogP contribution in [0.1, 0.15) is 33.1 Å². The van der Waals surface area contributed by atoms with Gasteiger partial charge < -0.3 is 10.6 Å². The van der Waals surface area contributed by atoms with Crippen molar-refractivity contribution < 1.29 is 4.39 Å². The Morgan fingerprint density at radius 3 is 1.77 bits per heavy atom. The first-order valence-electron chi connectivity index (χ1n) is 5.45. The van der Waals surface area contributed by atoms with Gasteiger partial charge >= 0.3 is 0 Å². The fraction of sp³-hybridized carbons (Fsp3) is 1.00. The van der Waals surface area contributed by atoms with Gasteiger partial charge in [-0.2, -0.15) is 0 Å². The summed E-state index contributed by atoms with van der Waals surface area (Å²) < 4.78 is 11.9. The van der Waals surface area contributed by atoms with Crippen LogP contribution in [0.4, 0.5) is 4.39 Å². The predicted molar refractivity (Wildman–Crippen MR) is 55.8 cm³/mol. The summed E-state index contributed by atoms with van der Waals surface area (Å²) in [7, 11) is 0. The molecule has 0 spiro atoms. The number of rotatable bonds is 0. The van der Waals surface area contributed by atoms with Crippen molar-refractivity contribution in [3.8, 4) is 0 Å². The molecule has 2 aliphatic heterocycles. The lowest BCUT2D eigenvalue weighted by Crippen LogP contribution is -2.08. The van der Waals surface area contributed by atoms with Gasteiger partial charge in [0.15, 0.2) is 0 Å². The summed E-state index contributed by atoms with van der Waals surface area (Å²) in [6.45, 7) is 7.93. The van der Waals surface area contributed by atoms with Crippen LogP contribution < -0.4 is 10.6 Å². The van der Waals surface area contributed by atoms with E-state index in [2.05, 4.69) is 10.6 Å². The van der Waals surface area contributed by atoms with E-state index >= 15 is 0 Å². The monoisotopic (exact) mass is 190 g/mol. The van der Waals surface area contributed by atoms with E-state index < -0.39 is 6.17 Å². The average Bonchev–Trinajstić information content (AvgIpc) is 2.81. The van der Waals surface area contributed by atoms with Crippen LogP contribution in [-0.2, 0) is 0 Å². The van der Waals surface area contributed by atoms with E-state index in [4.69, 9.17) is 0 Å². The van der Waals surface area contributed by atoms with Crippen molar-refractivity contribution in [3.05, 3.63) is 0 Å². The molecule has 13 heavy (non-hydrogen) atoms. The molecule has 2 nitrogen and oxygen atoms in total. The van der Waals surface area contributed by atoms with Crippen molar-refractivity contribution in [2.75, 3.05) is 26.2 Å². The van der Waals surface area contributed by atoms with Crippen molar-refractivity contribution in [1.29, 1.82) is 0 Å². The highest BCUT2D eigenvalue weighted by Gasteiger charge is 2.10. The first kappa shape index (κ1) is 12.8. The molecule has 2 N–H and O–H groups in total. The Morgan fingerprint density at radius 2 is 1.62 bits per heavy atom. The molecule has 0 saturated carbocycles. The van der Waals surface area contributed by atoms with E-state index in [1.807, 2.05) is 13.8 Å². The second-order valence-corrected chi connectivity index (χ2v) is 3.05. The van der Waals surface area contributed by atoms with Gasteiger partial charge in [0.1, 0.15) is 6.17 Å². The lowest BCUT2D eigenvalue weighted by atomic mass is 10.4. The highest BCUT2D eigenvalue weighted by atomic mass is 19.1. The fourth-order valence-corrected chi connectivity index (χ4v) is 1.24. The van der Waals surface area contributed by atoms with Crippen LogP contribution in [0.15, 0.2) is 0 Å². The molecule has 3 heteroatoms. The largest absolute Gasteiger partial charge is 0.317 e. The number of alkyl halides is 1. The predicted octanol–water partition coefficient (Wildman–Crippen LogP) is 1.71. The molecule has 2 rings (SSSR count). The minimum absolute atomic E-state index is 0.565. The van der Waals surface area contributed by atoms with E-state index in [0.717, 1.165) is 6.54 Å². The Labute approximate surface area is 81.3 Å². The molecule has 2 fully saturated rings. The summed E-state index contributed by atoms with van der Waals surface area (Å²) in [6.07, 6.45) is 2.92. The number of nitrogens with one attached hydrogen (secondary N) is 2. The molecule has 80 valence electrons. The Morgan fingerprint density at radius 1 is 1.00 bits per heavy atom. The smallest absolute Gasteiger partial charge is 0.114 e. The third kappa shape index (κ3) is 8.19. The molecule has 0 radical (unpaired) electrons. The van der Waals surface area contributed by atoms with Gasteiger partial charge in [0, 0.05) is 6.54 Å². The first-order valence-corrected chi connectivity index (χ1v) is 5.45. The molecule has 0 amide bonds. The van der Waals surface area contributed by atoms with Gasteiger partial charge in [-0.25, -0.2) is 4.39 Å². The summed E-state index contributed by atoms with van der Waals surface area (Å²) in [6, 6.07) is 0. The Kier molecular flexibility index (Phi) is 9.82. The summed E-state index contributed by atoms with van der Waals surface area (Å²) in [5.74, 6) is 0. The van der Waals surface area contributed by atoms with Gasteiger partial charge in [-0.1, -0.05) is 13.8 Å². The molecule has 0 aromatic heterocycles. The summed E-state index contributed by atoms with van der Waals surface area (Å²) in [5, 5.41) is 6.12. The van der Waals surface area contributed by atoms with Gasteiger partial charge in [-0.05, 0) is 38.9 Å². The average molecular weight is 190 g/mol. The number of hydrogen-bond donors (Lipinski definition) is 2. The molecule has 0 aromatic rings. The zero-order valence-corrected chi connectivity index (χ0v) is 8.91. The minimum atomic E-state index is -0.565. The molecule has 0 bridgehead atoms. The highest BCUT2D eigenvalue weighted by Crippen LogP contribution is 1.99.